The zero-order chi connectivity index (χ0) is 22.1. The number of carbonyl (C=O) groups excluding carboxylic acids is 2. The molecule has 1 heterocycles. The van der Waals surface area contributed by atoms with Crippen molar-refractivity contribution in [3.63, 3.8) is 0 Å². The molecule has 2 amide bonds. The summed E-state index contributed by atoms with van der Waals surface area (Å²) in [6.45, 7) is 4.05. The normalized spacial score (nSPS) is 16.1. The Morgan fingerprint density at radius 2 is 1.87 bits per heavy atom. The third-order valence-corrected chi connectivity index (χ3v) is 5.62. The summed E-state index contributed by atoms with van der Waals surface area (Å²) < 4.78 is 5.39. The van der Waals surface area contributed by atoms with Crippen molar-refractivity contribution >= 4 is 23.2 Å². The molecule has 0 radical (unpaired) electrons. The van der Waals surface area contributed by atoms with Gasteiger partial charge in [-0.15, -0.1) is 0 Å². The zero-order valence-electron chi connectivity index (χ0n) is 17.2. The number of primary amides is 1. The number of hydrogen-bond acceptors (Lipinski definition) is 6. The Morgan fingerprint density at radius 3 is 2.48 bits per heavy atom. The summed E-state index contributed by atoms with van der Waals surface area (Å²) in [5.41, 5.74) is 7.62. The van der Waals surface area contributed by atoms with Crippen LogP contribution in [0.5, 0.6) is 0 Å². The molecule has 2 fully saturated rings. The van der Waals surface area contributed by atoms with Gasteiger partial charge in [-0.1, -0.05) is 6.07 Å². The average molecular weight is 424 g/mol. The molecule has 0 spiro atoms. The highest BCUT2D eigenvalue weighted by Gasteiger charge is 2.29. The monoisotopic (exact) mass is 424 g/mol. The summed E-state index contributed by atoms with van der Waals surface area (Å²) >= 11 is 0. The molecule has 2 aliphatic rings. The summed E-state index contributed by atoms with van der Waals surface area (Å²) in [5, 5.41) is 14.9. The van der Waals surface area contributed by atoms with Crippen LogP contribution in [0.1, 0.15) is 39.1 Å². The van der Waals surface area contributed by atoms with E-state index in [0.29, 0.717) is 43.1 Å². The van der Waals surface area contributed by atoms with Crippen molar-refractivity contribution in [1.82, 2.24) is 5.32 Å². The fourth-order valence-corrected chi connectivity index (χ4v) is 3.76. The lowest BCUT2D eigenvalue weighted by atomic mass is 9.93. The number of rotatable bonds is 6. The second kappa shape index (κ2) is 8.35. The molecule has 2 aromatic rings. The number of amides is 2. The number of aryl methyl sites for hydroxylation is 1. The number of nitrogens with two attached hydrogens (primary N) is 1. The van der Waals surface area contributed by atoms with Crippen LogP contribution in [0.15, 0.2) is 30.3 Å². The quantitative estimate of drug-likeness (QED) is 0.541. The van der Waals surface area contributed by atoms with Crippen molar-refractivity contribution in [3.8, 4) is 11.1 Å². The van der Waals surface area contributed by atoms with E-state index >= 15 is 0 Å². The van der Waals surface area contributed by atoms with Crippen molar-refractivity contribution in [2.75, 3.05) is 31.2 Å². The number of hydrogen-bond donors (Lipinski definition) is 2. The molecule has 0 atom stereocenters. The third kappa shape index (κ3) is 4.36. The van der Waals surface area contributed by atoms with E-state index in [2.05, 4.69) is 5.32 Å². The maximum Gasteiger partial charge on any atom is 0.290 e. The van der Waals surface area contributed by atoms with Gasteiger partial charge in [-0.3, -0.25) is 19.7 Å². The van der Waals surface area contributed by atoms with Crippen LogP contribution < -0.4 is 16.0 Å². The van der Waals surface area contributed by atoms with Crippen LogP contribution in [0.2, 0.25) is 0 Å². The fourth-order valence-electron chi connectivity index (χ4n) is 3.76. The van der Waals surface area contributed by atoms with Crippen LogP contribution in [-0.4, -0.2) is 49.1 Å². The number of nitrogens with zero attached hydrogens (tertiary/aromatic N) is 2. The first-order valence-corrected chi connectivity index (χ1v) is 10.2. The number of morpholine rings is 1. The lowest BCUT2D eigenvalue weighted by Crippen LogP contribution is -2.36. The minimum absolute atomic E-state index is 0.156. The predicted molar refractivity (Wildman–Crippen MR) is 115 cm³/mol. The van der Waals surface area contributed by atoms with Crippen molar-refractivity contribution < 1.29 is 19.2 Å². The Morgan fingerprint density at radius 1 is 1.16 bits per heavy atom. The predicted octanol–water partition coefficient (Wildman–Crippen LogP) is 2.40. The van der Waals surface area contributed by atoms with Crippen LogP contribution in [0.25, 0.3) is 11.1 Å². The molecule has 4 rings (SSSR count). The van der Waals surface area contributed by atoms with Gasteiger partial charge in [-0.2, -0.15) is 0 Å². The second-order valence-corrected chi connectivity index (χ2v) is 7.89. The van der Waals surface area contributed by atoms with E-state index in [1.54, 1.807) is 24.3 Å². The summed E-state index contributed by atoms with van der Waals surface area (Å²) in [4.78, 5) is 38.1. The van der Waals surface area contributed by atoms with Crippen LogP contribution in [0.4, 0.5) is 11.4 Å². The van der Waals surface area contributed by atoms with Gasteiger partial charge in [0.2, 0.25) is 0 Å². The maximum atomic E-state index is 12.6. The molecule has 162 valence electrons. The largest absolute Gasteiger partial charge is 0.378 e. The van der Waals surface area contributed by atoms with E-state index in [9.17, 15) is 19.7 Å². The van der Waals surface area contributed by atoms with Gasteiger partial charge in [0.15, 0.2) is 0 Å². The summed E-state index contributed by atoms with van der Waals surface area (Å²) in [6, 6.07) is 8.45. The number of nitro benzene ring substituents is 1. The highest BCUT2D eigenvalue weighted by molar-refractivity contribution is 6.03. The van der Waals surface area contributed by atoms with Gasteiger partial charge in [0.05, 0.1) is 23.7 Å². The molecular formula is C22H24N4O5. The van der Waals surface area contributed by atoms with Gasteiger partial charge in [0, 0.05) is 30.4 Å². The van der Waals surface area contributed by atoms with Gasteiger partial charge in [-0.25, -0.2) is 0 Å². The molecule has 1 aliphatic heterocycles. The van der Waals surface area contributed by atoms with Crippen LogP contribution >= 0.6 is 0 Å². The molecule has 31 heavy (non-hydrogen) atoms. The maximum absolute atomic E-state index is 12.6. The Hall–Kier alpha value is -3.46. The molecule has 2 aromatic carbocycles. The number of anilines is 1. The topological polar surface area (TPSA) is 128 Å². The van der Waals surface area contributed by atoms with Crippen LogP contribution in [0, 0.1) is 17.0 Å². The van der Waals surface area contributed by atoms with E-state index in [4.69, 9.17) is 10.5 Å². The SMILES string of the molecule is Cc1ccc(C(=O)NC2CC2)cc1-c1cc(N2CCOCC2)cc(C(N)=O)c1[N+](=O)[O-]. The molecule has 9 nitrogen and oxygen atoms in total. The van der Waals surface area contributed by atoms with E-state index in [0.717, 1.165) is 18.4 Å². The lowest BCUT2D eigenvalue weighted by Gasteiger charge is -2.29. The van der Waals surface area contributed by atoms with Crippen molar-refractivity contribution in [1.29, 1.82) is 0 Å². The molecule has 0 unspecified atom stereocenters. The first kappa shape index (κ1) is 20.8. The minimum atomic E-state index is -0.872. The Bertz CT molecular complexity index is 1060. The molecule has 1 saturated heterocycles. The Kier molecular flexibility index (Phi) is 5.60. The number of nitrogens with one attached hydrogen (secondary N) is 1. The Balaban J connectivity index is 1.87. The van der Waals surface area contributed by atoms with E-state index < -0.39 is 10.8 Å². The van der Waals surface area contributed by atoms with Gasteiger partial charge in [0.1, 0.15) is 5.56 Å². The fraction of sp³-hybridized carbons (Fsp3) is 0.364. The van der Waals surface area contributed by atoms with Crippen molar-refractivity contribution in [2.45, 2.75) is 25.8 Å². The number of benzene rings is 2. The van der Waals surface area contributed by atoms with E-state index in [1.165, 1.54) is 6.07 Å². The molecule has 0 bridgehead atoms. The van der Waals surface area contributed by atoms with Gasteiger partial charge >= 0.3 is 0 Å². The summed E-state index contributed by atoms with van der Waals surface area (Å²) in [7, 11) is 0. The third-order valence-electron chi connectivity index (χ3n) is 5.62. The molecule has 1 saturated carbocycles. The van der Waals surface area contributed by atoms with E-state index in [1.807, 2.05) is 11.8 Å². The molecule has 0 aromatic heterocycles. The van der Waals surface area contributed by atoms with Gasteiger partial charge in [0.25, 0.3) is 17.5 Å². The highest BCUT2D eigenvalue weighted by atomic mass is 16.6. The number of nitro groups is 1. The van der Waals surface area contributed by atoms with Crippen molar-refractivity contribution in [3.05, 3.63) is 57.1 Å². The first-order chi connectivity index (χ1) is 14.8. The van der Waals surface area contributed by atoms with Gasteiger partial charge < -0.3 is 20.7 Å². The highest BCUT2D eigenvalue weighted by Crippen LogP contribution is 2.39. The average Bonchev–Trinajstić information content (AvgIpc) is 3.57. The summed E-state index contributed by atoms with van der Waals surface area (Å²) in [5.74, 6) is -1.09. The lowest BCUT2D eigenvalue weighted by molar-refractivity contribution is -0.384. The van der Waals surface area contributed by atoms with Crippen LogP contribution in [0.3, 0.4) is 0 Å². The molecular weight excluding hydrogens is 400 g/mol. The van der Waals surface area contributed by atoms with E-state index in [-0.39, 0.29) is 28.8 Å². The molecule has 9 heteroatoms. The van der Waals surface area contributed by atoms with Crippen LogP contribution in [-0.2, 0) is 4.74 Å². The summed E-state index contributed by atoms with van der Waals surface area (Å²) in [6.07, 6.45) is 1.92. The minimum Gasteiger partial charge on any atom is -0.378 e. The van der Waals surface area contributed by atoms with Crippen molar-refractivity contribution in [2.24, 2.45) is 5.73 Å². The number of ether oxygens (including phenoxy) is 1. The smallest absolute Gasteiger partial charge is 0.290 e. The first-order valence-electron chi connectivity index (χ1n) is 10.2. The number of carbonyl (C=O) groups is 2. The second-order valence-electron chi connectivity index (χ2n) is 7.89. The molecule has 1 aliphatic carbocycles. The van der Waals surface area contributed by atoms with Gasteiger partial charge in [-0.05, 0) is 55.2 Å². The molecule has 3 N–H and O–H groups in total. The zero-order valence-corrected chi connectivity index (χ0v) is 17.2. The standard InChI is InChI=1S/C22H24N4O5/c1-13-2-3-14(22(28)24-15-4-5-15)10-17(13)18-11-16(25-6-8-31-9-7-25)12-19(21(23)27)20(18)26(29)30/h2-3,10-12,15H,4-9H2,1H3,(H2,23,27)(H,24,28). The Labute approximate surface area is 179 Å².